The van der Waals surface area contributed by atoms with Crippen LogP contribution in [0.25, 0.3) is 21.6 Å². The number of fused-ring (bicyclic) bond motifs is 6. The van der Waals surface area contributed by atoms with Gasteiger partial charge in [-0.15, -0.1) is 11.3 Å². The van der Waals surface area contributed by atoms with Gasteiger partial charge in [0.05, 0.1) is 22.5 Å². The molecule has 2 aliphatic heterocycles. The summed E-state index contributed by atoms with van der Waals surface area (Å²) in [6.45, 7) is 18.4. The van der Waals surface area contributed by atoms with E-state index in [2.05, 4.69) is 54.4 Å². The second-order valence-electron chi connectivity index (χ2n) is 18.5. The van der Waals surface area contributed by atoms with Crippen LogP contribution in [0.5, 0.6) is 6.01 Å². The average molecular weight is 821 g/mol. The number of aromatic nitrogens is 3. The first-order chi connectivity index (χ1) is 26.8. The van der Waals surface area contributed by atoms with E-state index in [-0.39, 0.29) is 42.2 Å². The van der Waals surface area contributed by atoms with Crippen molar-refractivity contribution < 1.29 is 27.5 Å². The summed E-state index contributed by atoms with van der Waals surface area (Å²) in [6, 6.07) is 5.57. The van der Waals surface area contributed by atoms with Crippen LogP contribution in [0.4, 0.5) is 0 Å². The van der Waals surface area contributed by atoms with Gasteiger partial charge in [0.15, 0.2) is 0 Å². The maximum Gasteiger partial charge on any atom is 0.297 e. The molecule has 2 aliphatic carbocycles. The van der Waals surface area contributed by atoms with Crippen molar-refractivity contribution >= 4 is 50.1 Å². The molecule has 2 aromatic heterocycles. The summed E-state index contributed by atoms with van der Waals surface area (Å²) in [7, 11) is -4.02. The van der Waals surface area contributed by atoms with Crippen molar-refractivity contribution in [1.29, 1.82) is 0 Å². The second-order valence-corrected chi connectivity index (χ2v) is 21.7. The lowest BCUT2D eigenvalue weighted by Crippen LogP contribution is -2.57. The van der Waals surface area contributed by atoms with Gasteiger partial charge < -0.3 is 15.0 Å². The Morgan fingerprint density at radius 3 is 2.40 bits per heavy atom. The maximum atomic E-state index is 14.5. The standard InChI is InChI=1S/C43H60N6O6S2/c1-10-28-23-43(28)39(52)47-57(53,54)42(20-21-42)19-14-12-11-13-18-33-34(25(2)3)44-37(56-33)30-16-15-17-31-35(30)45-40(49(31)26(4)5)55-29-22-32(36(50)46-43)48(24-29)38(51)27(6)41(7,8)9/h11-12,15-17,25-29,32H,10,13-14,18-24H2,1-9H3,(H,46,50)(H,47,52)/t27-,28-,29-,32+,43-/m1/s1. The number of sulfonamides is 1. The fourth-order valence-electron chi connectivity index (χ4n) is 8.63. The van der Waals surface area contributed by atoms with Crippen LogP contribution in [-0.4, -0.2) is 74.6 Å². The molecule has 6 bridgehead atoms. The number of imidazole rings is 1. The summed E-state index contributed by atoms with van der Waals surface area (Å²) in [4.78, 5) is 55.9. The maximum absolute atomic E-state index is 14.5. The molecule has 2 spiro atoms. The van der Waals surface area contributed by atoms with Gasteiger partial charge in [-0.25, -0.2) is 13.4 Å². The number of thiazole rings is 1. The van der Waals surface area contributed by atoms with Crippen molar-refractivity contribution in [1.82, 2.24) is 29.5 Å². The van der Waals surface area contributed by atoms with Crippen molar-refractivity contribution in [2.75, 3.05) is 6.54 Å². The third-order valence-corrected chi connectivity index (χ3v) is 16.3. The fourth-order valence-corrected chi connectivity index (χ4v) is 11.6. The predicted octanol–water partition coefficient (Wildman–Crippen LogP) is 7.44. The summed E-state index contributed by atoms with van der Waals surface area (Å²) in [5.74, 6) is -1.79. The summed E-state index contributed by atoms with van der Waals surface area (Å²) in [6.07, 6.45) is 8.22. The third-order valence-electron chi connectivity index (χ3n) is 12.9. The van der Waals surface area contributed by atoms with E-state index in [1.165, 1.54) is 4.88 Å². The van der Waals surface area contributed by atoms with Crippen LogP contribution in [0, 0.1) is 17.3 Å². The molecule has 1 aromatic carbocycles. The van der Waals surface area contributed by atoms with Crippen molar-refractivity contribution in [3.8, 4) is 16.6 Å². The highest BCUT2D eigenvalue weighted by molar-refractivity contribution is 7.91. The molecule has 4 heterocycles. The number of ether oxygens (including phenoxy) is 1. The topological polar surface area (TPSA) is 153 Å². The minimum atomic E-state index is -4.02. The average Bonchev–Trinajstić information content (AvgIpc) is 3.91. The first-order valence-electron chi connectivity index (χ1n) is 20.8. The van der Waals surface area contributed by atoms with Gasteiger partial charge in [-0.05, 0) is 88.2 Å². The summed E-state index contributed by atoms with van der Waals surface area (Å²) >= 11 is 1.68. The van der Waals surface area contributed by atoms with Crippen molar-refractivity contribution in [2.24, 2.45) is 17.3 Å². The van der Waals surface area contributed by atoms with E-state index < -0.39 is 50.2 Å². The number of likely N-dealkylation sites (tertiary alicyclic amines) is 1. The number of carbonyl (C=O) groups excluding carboxylic acids is 3. The van der Waals surface area contributed by atoms with Gasteiger partial charge in [-0.2, -0.15) is 4.98 Å². The first kappa shape index (κ1) is 41.4. The number of rotatable bonds is 4. The van der Waals surface area contributed by atoms with Crippen LogP contribution in [0.1, 0.15) is 136 Å². The van der Waals surface area contributed by atoms with Crippen molar-refractivity contribution in [3.05, 3.63) is 40.9 Å². The molecule has 7 rings (SSSR count). The first-order valence-corrected chi connectivity index (χ1v) is 23.1. The van der Waals surface area contributed by atoms with Crippen LogP contribution in [-0.2, 0) is 30.8 Å². The van der Waals surface area contributed by atoms with E-state index in [0.29, 0.717) is 44.5 Å². The number of allylic oxidation sites excluding steroid dienone is 2. The number of carbonyl (C=O) groups is 3. The largest absolute Gasteiger partial charge is 0.459 e. The number of benzene rings is 1. The number of hydrogen-bond donors (Lipinski definition) is 2. The Hall–Kier alpha value is -3.78. The van der Waals surface area contributed by atoms with E-state index in [1.54, 1.807) is 16.2 Å². The molecule has 2 N–H and O–H groups in total. The summed E-state index contributed by atoms with van der Waals surface area (Å²) < 4.78 is 37.9. The molecule has 0 radical (unpaired) electrons. The minimum absolute atomic E-state index is 0.0165. The molecule has 14 heteroatoms. The molecule has 0 unspecified atom stereocenters. The molecule has 2 saturated carbocycles. The van der Waals surface area contributed by atoms with Gasteiger partial charge in [0.1, 0.15) is 28.2 Å². The van der Waals surface area contributed by atoms with Gasteiger partial charge >= 0.3 is 0 Å². The van der Waals surface area contributed by atoms with E-state index in [1.807, 2.05) is 52.8 Å². The zero-order valence-corrected chi connectivity index (χ0v) is 36.6. The Balaban J connectivity index is 1.30. The number of aryl methyl sites for hydroxylation is 1. The monoisotopic (exact) mass is 820 g/mol. The molecule has 4 aliphatic rings. The van der Waals surface area contributed by atoms with Crippen molar-refractivity contribution in [2.45, 2.75) is 154 Å². The van der Waals surface area contributed by atoms with E-state index >= 15 is 0 Å². The van der Waals surface area contributed by atoms with Crippen LogP contribution in [0.15, 0.2) is 30.4 Å². The lowest BCUT2D eigenvalue weighted by atomic mass is 9.81. The Bertz CT molecular complexity index is 2200. The summed E-state index contributed by atoms with van der Waals surface area (Å²) in [5.41, 5.74) is 1.92. The van der Waals surface area contributed by atoms with E-state index in [4.69, 9.17) is 14.7 Å². The molecule has 12 nitrogen and oxygen atoms in total. The molecule has 1 saturated heterocycles. The van der Waals surface area contributed by atoms with Crippen LogP contribution >= 0.6 is 11.3 Å². The van der Waals surface area contributed by atoms with E-state index in [9.17, 15) is 22.8 Å². The number of nitrogens with zero attached hydrogens (tertiary/aromatic N) is 4. The molecule has 3 fully saturated rings. The second kappa shape index (κ2) is 15.1. The Morgan fingerprint density at radius 2 is 1.77 bits per heavy atom. The third kappa shape index (κ3) is 7.65. The molecule has 3 amide bonds. The van der Waals surface area contributed by atoms with Crippen LogP contribution < -0.4 is 14.8 Å². The normalized spacial score (nSPS) is 26.8. The highest BCUT2D eigenvalue weighted by atomic mass is 32.2. The Kier molecular flexibility index (Phi) is 11.0. The van der Waals surface area contributed by atoms with Crippen LogP contribution in [0.3, 0.4) is 0 Å². The number of amides is 3. The lowest BCUT2D eigenvalue weighted by Gasteiger charge is -2.33. The Labute approximate surface area is 341 Å². The quantitative estimate of drug-likeness (QED) is 0.258. The van der Waals surface area contributed by atoms with Gasteiger partial charge in [-0.1, -0.05) is 73.1 Å². The molecule has 310 valence electrons. The lowest BCUT2D eigenvalue weighted by molar-refractivity contribution is -0.144. The number of nitrogens with one attached hydrogen (secondary N) is 2. The predicted molar refractivity (Wildman–Crippen MR) is 223 cm³/mol. The molecule has 3 aromatic rings. The van der Waals surface area contributed by atoms with Gasteiger partial charge in [0, 0.05) is 28.8 Å². The van der Waals surface area contributed by atoms with Crippen LogP contribution in [0.2, 0.25) is 0 Å². The number of hydrogen-bond acceptors (Lipinski definition) is 9. The van der Waals surface area contributed by atoms with Gasteiger partial charge in [0.2, 0.25) is 21.8 Å². The Morgan fingerprint density at radius 1 is 1.05 bits per heavy atom. The SMILES string of the molecule is CC[C@@H]1C[C@@]12NC(=O)[C@@H]1C[C@H](CN1C(=O)[C@@H](C)C(C)(C)C)Oc1nc3c(cccc3n1C(C)C)-c1nc(C(C)C)c(s1)CCC=CCCC1(CC1)S(=O)(=O)NC2=O. The molecular formula is C43H60N6O6S2. The van der Waals surface area contributed by atoms with E-state index in [0.717, 1.165) is 40.1 Å². The molecule has 57 heavy (non-hydrogen) atoms. The smallest absolute Gasteiger partial charge is 0.297 e. The highest BCUT2D eigenvalue weighted by Crippen LogP contribution is 2.50. The molecule has 5 atom stereocenters. The van der Waals surface area contributed by atoms with Crippen molar-refractivity contribution in [3.63, 3.8) is 0 Å². The number of para-hydroxylation sites is 1. The zero-order valence-electron chi connectivity index (χ0n) is 35.0. The van der Waals surface area contributed by atoms with Gasteiger partial charge in [0.25, 0.3) is 11.9 Å². The fraction of sp³-hybridized carbons (Fsp3) is 0.651. The minimum Gasteiger partial charge on any atom is -0.459 e. The zero-order chi connectivity index (χ0) is 41.2. The van der Waals surface area contributed by atoms with Gasteiger partial charge in [-0.3, -0.25) is 23.7 Å². The molecular weight excluding hydrogens is 761 g/mol. The summed E-state index contributed by atoms with van der Waals surface area (Å²) in [5, 5.41) is 3.89. The highest BCUT2D eigenvalue weighted by Gasteiger charge is 2.63.